The lowest BCUT2D eigenvalue weighted by molar-refractivity contribution is -0.114. The van der Waals surface area contributed by atoms with E-state index < -0.39 is 5.91 Å². The van der Waals surface area contributed by atoms with Gasteiger partial charge in [0.15, 0.2) is 5.84 Å². The highest BCUT2D eigenvalue weighted by Crippen LogP contribution is 2.31. The molecule has 32 heavy (non-hydrogen) atoms. The van der Waals surface area contributed by atoms with Crippen molar-refractivity contribution in [3.8, 4) is 11.3 Å². The zero-order valence-corrected chi connectivity index (χ0v) is 18.6. The molecule has 0 bridgehead atoms. The molecule has 0 unspecified atom stereocenters. The Hall–Kier alpha value is -3.46. The van der Waals surface area contributed by atoms with E-state index in [1.54, 1.807) is 43.3 Å². The molecule has 3 heterocycles. The number of unbranched alkanes of at least 4 members (excludes halogenated alkanes) is 1. The molecule has 1 amide bonds. The van der Waals surface area contributed by atoms with Gasteiger partial charge in [-0.1, -0.05) is 25.5 Å². The van der Waals surface area contributed by atoms with Crippen LogP contribution >= 0.6 is 11.8 Å². The van der Waals surface area contributed by atoms with E-state index in [1.165, 1.54) is 22.8 Å². The van der Waals surface area contributed by atoms with Crippen molar-refractivity contribution in [2.45, 2.75) is 33.1 Å². The predicted molar refractivity (Wildman–Crippen MR) is 125 cm³/mol. The van der Waals surface area contributed by atoms with Crippen LogP contribution in [0.3, 0.4) is 0 Å². The van der Waals surface area contributed by atoms with Gasteiger partial charge in [-0.25, -0.2) is 4.79 Å². The van der Waals surface area contributed by atoms with Gasteiger partial charge in [0.1, 0.15) is 16.6 Å². The third-order valence-electron chi connectivity index (χ3n) is 4.83. The Morgan fingerprint density at radius 2 is 2.00 bits per heavy atom. The summed E-state index contributed by atoms with van der Waals surface area (Å²) < 4.78 is 10.8. The van der Waals surface area contributed by atoms with Crippen LogP contribution in [0.4, 0.5) is 0 Å². The number of furan rings is 1. The van der Waals surface area contributed by atoms with Gasteiger partial charge in [-0.2, -0.15) is 15.1 Å². The van der Waals surface area contributed by atoms with Crippen molar-refractivity contribution in [2.24, 2.45) is 10.1 Å². The van der Waals surface area contributed by atoms with Crippen LogP contribution in [0.1, 0.15) is 49.2 Å². The second-order valence-electron chi connectivity index (χ2n) is 7.12. The molecule has 0 atom stereocenters. The molecule has 2 aliphatic heterocycles. The van der Waals surface area contributed by atoms with E-state index in [-0.39, 0.29) is 17.4 Å². The molecule has 164 valence electrons. The van der Waals surface area contributed by atoms with E-state index >= 15 is 0 Å². The lowest BCUT2D eigenvalue weighted by Crippen LogP contribution is -2.35. The minimum atomic E-state index is -0.488. The van der Waals surface area contributed by atoms with Crippen molar-refractivity contribution in [3.05, 3.63) is 53.3 Å². The molecule has 2 aromatic rings. The van der Waals surface area contributed by atoms with E-state index in [2.05, 4.69) is 17.0 Å². The number of carbonyl (C=O) groups is 2. The molecular formula is C23H22N4O4S. The molecule has 0 radical (unpaired) electrons. The lowest BCUT2D eigenvalue weighted by Gasteiger charge is -2.19. The van der Waals surface area contributed by atoms with Gasteiger partial charge < -0.3 is 9.15 Å². The van der Waals surface area contributed by atoms with E-state index in [0.717, 1.165) is 29.9 Å². The maximum atomic E-state index is 12.5. The monoisotopic (exact) mass is 450 g/mol. The summed E-state index contributed by atoms with van der Waals surface area (Å²) in [5.41, 5.74) is 1.35. The number of amides is 1. The molecule has 4 rings (SSSR count). The molecule has 1 aromatic carbocycles. The average Bonchev–Trinajstić information content (AvgIpc) is 3.42. The zero-order valence-electron chi connectivity index (χ0n) is 17.8. The van der Waals surface area contributed by atoms with Gasteiger partial charge in [0.2, 0.25) is 5.17 Å². The number of amidine groups is 2. The second kappa shape index (κ2) is 9.35. The SMILES string of the molecule is CCCCC1=NN2C(=N)/C(=C/c3ccc(-c4ccc(C(=O)OCC)cc4)o3)C(=O)N=C2S1. The fourth-order valence-corrected chi connectivity index (χ4v) is 4.10. The summed E-state index contributed by atoms with van der Waals surface area (Å²) in [7, 11) is 0. The highest BCUT2D eigenvalue weighted by atomic mass is 32.2. The van der Waals surface area contributed by atoms with Crippen molar-refractivity contribution in [1.82, 2.24) is 5.01 Å². The normalized spacial score (nSPS) is 16.8. The number of fused-ring (bicyclic) bond motifs is 1. The maximum Gasteiger partial charge on any atom is 0.338 e. The maximum absolute atomic E-state index is 12.5. The Bertz CT molecular complexity index is 1160. The Kier molecular flexibility index (Phi) is 6.36. The molecule has 0 fully saturated rings. The molecule has 0 spiro atoms. The molecule has 1 aromatic heterocycles. The Morgan fingerprint density at radius 3 is 2.72 bits per heavy atom. The molecule has 0 saturated carbocycles. The number of benzene rings is 1. The van der Waals surface area contributed by atoms with Crippen LogP contribution in [0, 0.1) is 5.41 Å². The molecule has 9 heteroatoms. The molecule has 0 saturated heterocycles. The molecule has 2 aliphatic rings. The fraction of sp³-hybridized carbons (Fsp3) is 0.261. The first-order valence-corrected chi connectivity index (χ1v) is 11.2. The number of hydrogen-bond acceptors (Lipinski definition) is 7. The summed E-state index contributed by atoms with van der Waals surface area (Å²) in [6.07, 6.45) is 4.34. The largest absolute Gasteiger partial charge is 0.462 e. The van der Waals surface area contributed by atoms with E-state index in [1.807, 2.05) is 0 Å². The van der Waals surface area contributed by atoms with Gasteiger partial charge in [-0.05, 0) is 61.9 Å². The van der Waals surface area contributed by atoms with Crippen LogP contribution in [0.5, 0.6) is 0 Å². The molecule has 0 aliphatic carbocycles. The Balaban J connectivity index is 1.53. The van der Waals surface area contributed by atoms with Gasteiger partial charge in [0.25, 0.3) is 5.91 Å². The first kappa shape index (κ1) is 21.8. The highest BCUT2D eigenvalue weighted by Gasteiger charge is 2.35. The van der Waals surface area contributed by atoms with Crippen LogP contribution in [0.25, 0.3) is 17.4 Å². The summed E-state index contributed by atoms with van der Waals surface area (Å²) in [6, 6.07) is 10.4. The predicted octanol–water partition coefficient (Wildman–Crippen LogP) is 4.93. The molecular weight excluding hydrogens is 428 g/mol. The average molecular weight is 451 g/mol. The topological polar surface area (TPSA) is 108 Å². The van der Waals surface area contributed by atoms with Crippen molar-refractivity contribution in [1.29, 1.82) is 5.41 Å². The van der Waals surface area contributed by atoms with Crippen LogP contribution in [-0.4, -0.2) is 39.5 Å². The van der Waals surface area contributed by atoms with Crippen LogP contribution in [0.2, 0.25) is 0 Å². The fourth-order valence-electron chi connectivity index (χ4n) is 3.17. The summed E-state index contributed by atoms with van der Waals surface area (Å²) >= 11 is 1.34. The lowest BCUT2D eigenvalue weighted by atomic mass is 10.1. The number of nitrogens with one attached hydrogen (secondary N) is 1. The number of carbonyl (C=O) groups excluding carboxylic acids is 2. The van der Waals surface area contributed by atoms with Gasteiger partial charge in [-0.15, -0.1) is 0 Å². The van der Waals surface area contributed by atoms with Crippen LogP contribution in [-0.2, 0) is 9.53 Å². The number of nitrogens with zero attached hydrogens (tertiary/aromatic N) is 3. The number of ether oxygens (including phenoxy) is 1. The Morgan fingerprint density at radius 1 is 1.22 bits per heavy atom. The summed E-state index contributed by atoms with van der Waals surface area (Å²) in [4.78, 5) is 28.4. The first-order valence-electron chi connectivity index (χ1n) is 10.4. The van der Waals surface area contributed by atoms with Crippen molar-refractivity contribution < 1.29 is 18.7 Å². The summed E-state index contributed by atoms with van der Waals surface area (Å²) in [5.74, 6) is 0.109. The third kappa shape index (κ3) is 4.43. The second-order valence-corrected chi connectivity index (χ2v) is 8.16. The van der Waals surface area contributed by atoms with E-state index in [0.29, 0.717) is 28.9 Å². The number of thioether (sulfide) groups is 1. The van der Waals surface area contributed by atoms with Crippen molar-refractivity contribution >= 4 is 45.8 Å². The van der Waals surface area contributed by atoms with E-state index in [9.17, 15) is 9.59 Å². The number of aliphatic imine (C=N–C) groups is 1. The van der Waals surface area contributed by atoms with Crippen molar-refractivity contribution in [3.63, 3.8) is 0 Å². The first-order chi connectivity index (χ1) is 15.5. The minimum absolute atomic E-state index is 0.0178. The summed E-state index contributed by atoms with van der Waals surface area (Å²) in [5, 5.41) is 15.6. The quantitative estimate of drug-likeness (QED) is 0.473. The molecule has 1 N–H and O–H groups in total. The number of rotatable bonds is 7. The van der Waals surface area contributed by atoms with Crippen molar-refractivity contribution in [2.75, 3.05) is 6.61 Å². The number of hydrazone groups is 1. The minimum Gasteiger partial charge on any atom is -0.462 e. The zero-order chi connectivity index (χ0) is 22.7. The number of esters is 1. The number of hydrogen-bond donors (Lipinski definition) is 1. The van der Waals surface area contributed by atoms with Gasteiger partial charge in [0.05, 0.1) is 17.7 Å². The standard InChI is InChI=1S/C23H22N4O4S/c1-3-5-6-19-26-27-20(24)17(21(28)25-23(27)32-19)13-16-11-12-18(31-16)14-7-9-15(10-8-14)22(29)30-4-2/h7-13,24H,3-6H2,1-2H3/b17-13-,24-20?. The van der Waals surface area contributed by atoms with Gasteiger partial charge in [0, 0.05) is 5.56 Å². The Labute approximate surface area is 189 Å². The van der Waals surface area contributed by atoms with Crippen LogP contribution in [0.15, 0.2) is 56.5 Å². The summed E-state index contributed by atoms with van der Waals surface area (Å²) in [6.45, 7) is 4.18. The van der Waals surface area contributed by atoms with Crippen LogP contribution < -0.4 is 0 Å². The molecule has 8 nitrogen and oxygen atoms in total. The van der Waals surface area contributed by atoms with E-state index in [4.69, 9.17) is 14.6 Å². The third-order valence-corrected chi connectivity index (χ3v) is 5.80. The van der Waals surface area contributed by atoms with Gasteiger partial charge in [-0.3, -0.25) is 10.2 Å². The highest BCUT2D eigenvalue weighted by molar-refractivity contribution is 8.26. The van der Waals surface area contributed by atoms with Gasteiger partial charge >= 0.3 is 5.97 Å². The smallest absolute Gasteiger partial charge is 0.338 e.